The Morgan fingerprint density at radius 3 is 2.79 bits per heavy atom. The zero-order valence-corrected chi connectivity index (χ0v) is 13.8. The van der Waals surface area contributed by atoms with Crippen molar-refractivity contribution in [2.75, 3.05) is 18.0 Å². The summed E-state index contributed by atoms with van der Waals surface area (Å²) in [4.78, 5) is 6.50. The van der Waals surface area contributed by atoms with Crippen molar-refractivity contribution in [3.63, 3.8) is 0 Å². The second-order valence-corrected chi connectivity index (χ2v) is 6.21. The Morgan fingerprint density at radius 1 is 1.50 bits per heavy atom. The first-order valence-electron chi connectivity index (χ1n) is 7.82. The monoisotopic (exact) mass is 340 g/mol. The van der Waals surface area contributed by atoms with Gasteiger partial charge in [-0.05, 0) is 50.6 Å². The highest BCUT2D eigenvalue weighted by Gasteiger charge is 2.36. The minimum Gasteiger partial charge on any atom is -0.375 e. The number of aryl methyl sites for hydroxylation is 1. The van der Waals surface area contributed by atoms with Gasteiger partial charge in [0.1, 0.15) is 12.4 Å². The van der Waals surface area contributed by atoms with Crippen LogP contribution in [0.2, 0.25) is 0 Å². The fourth-order valence-electron chi connectivity index (χ4n) is 2.99. The van der Waals surface area contributed by atoms with Crippen molar-refractivity contribution in [1.29, 1.82) is 0 Å². The average Bonchev–Trinajstić information content (AvgIpc) is 2.51. The lowest BCUT2D eigenvalue weighted by atomic mass is 9.84. The lowest BCUT2D eigenvalue weighted by Crippen LogP contribution is -2.48. The molecule has 1 aliphatic rings. The number of hydrogen-bond donors (Lipinski definition) is 2. The molecule has 0 unspecified atom stereocenters. The van der Waals surface area contributed by atoms with Crippen LogP contribution in [0.3, 0.4) is 0 Å². The van der Waals surface area contributed by atoms with Crippen molar-refractivity contribution in [2.45, 2.75) is 37.9 Å². The molecule has 0 spiro atoms. The Balaban J connectivity index is 2.29. The predicted molar refractivity (Wildman–Crippen MR) is 90.4 cm³/mol. The average molecular weight is 340 g/mol. The summed E-state index contributed by atoms with van der Waals surface area (Å²) in [6.45, 7) is 9.02. The van der Waals surface area contributed by atoms with Crippen LogP contribution in [0, 0.1) is 0 Å². The summed E-state index contributed by atoms with van der Waals surface area (Å²) < 4.78 is 37.1. The summed E-state index contributed by atoms with van der Waals surface area (Å²) in [6.07, 6.45) is -0.0681. The summed E-state index contributed by atoms with van der Waals surface area (Å²) in [6, 6.07) is 3.58. The van der Waals surface area contributed by atoms with E-state index >= 15 is 0 Å². The van der Waals surface area contributed by atoms with E-state index in [9.17, 15) is 13.2 Å². The maximum absolute atomic E-state index is 12.4. The standard InChI is InChI=1S/C17H23F3N4/c1-4-24-15-13(7-8-16(24,3)9-10-21)5-6-14(23-15)12(2)22-11-17(18,19)20/h4-6,22H,1-2,7-11,21H2,3H3/t16-/m1/s1. The smallest absolute Gasteiger partial charge is 0.375 e. The molecule has 1 aromatic heterocycles. The normalized spacial score (nSPS) is 20.5. The SMILES string of the molecule is C=CN1c2nc(C(=C)NCC(F)(F)F)ccc2CC[C@]1(C)CCN. The molecule has 2 heterocycles. The number of rotatable bonds is 6. The Morgan fingerprint density at radius 2 is 2.21 bits per heavy atom. The van der Waals surface area contributed by atoms with Gasteiger partial charge in [0.25, 0.3) is 0 Å². The van der Waals surface area contributed by atoms with Gasteiger partial charge in [-0.2, -0.15) is 13.2 Å². The molecule has 0 aromatic carbocycles. The molecule has 4 nitrogen and oxygen atoms in total. The predicted octanol–water partition coefficient (Wildman–Crippen LogP) is 3.21. The third-order valence-corrected chi connectivity index (χ3v) is 4.38. The zero-order chi connectivity index (χ0) is 18.0. The largest absolute Gasteiger partial charge is 0.405 e. The molecule has 0 radical (unpaired) electrons. The summed E-state index contributed by atoms with van der Waals surface area (Å²) in [5.74, 6) is 0.708. The third kappa shape index (κ3) is 3.90. The fourth-order valence-corrected chi connectivity index (χ4v) is 2.99. The zero-order valence-electron chi connectivity index (χ0n) is 13.8. The molecule has 0 bridgehead atoms. The number of anilines is 1. The van der Waals surface area contributed by atoms with Gasteiger partial charge >= 0.3 is 6.18 Å². The van der Waals surface area contributed by atoms with Gasteiger partial charge in [-0.25, -0.2) is 4.98 Å². The van der Waals surface area contributed by atoms with Crippen molar-refractivity contribution in [2.24, 2.45) is 5.73 Å². The number of fused-ring (bicyclic) bond motifs is 1. The van der Waals surface area contributed by atoms with Gasteiger partial charge in [-0.15, -0.1) is 0 Å². The van der Waals surface area contributed by atoms with Gasteiger partial charge in [0.15, 0.2) is 0 Å². The number of alkyl halides is 3. The molecule has 1 aliphatic heterocycles. The highest BCUT2D eigenvalue weighted by Crippen LogP contribution is 2.38. The molecule has 2 rings (SSSR count). The van der Waals surface area contributed by atoms with E-state index in [1.807, 2.05) is 11.0 Å². The lowest BCUT2D eigenvalue weighted by Gasteiger charge is -2.44. The first kappa shape index (κ1) is 18.3. The number of aromatic nitrogens is 1. The third-order valence-electron chi connectivity index (χ3n) is 4.38. The van der Waals surface area contributed by atoms with Crippen LogP contribution in [0.5, 0.6) is 0 Å². The van der Waals surface area contributed by atoms with Crippen LogP contribution in [0.25, 0.3) is 5.70 Å². The van der Waals surface area contributed by atoms with Gasteiger partial charge in [0.05, 0.1) is 11.4 Å². The quantitative estimate of drug-likeness (QED) is 0.835. The van der Waals surface area contributed by atoms with Crippen LogP contribution in [-0.4, -0.2) is 29.8 Å². The van der Waals surface area contributed by atoms with Gasteiger partial charge < -0.3 is 16.0 Å². The number of halogens is 3. The molecule has 0 aliphatic carbocycles. The summed E-state index contributed by atoms with van der Waals surface area (Å²) in [5, 5.41) is 2.28. The van der Waals surface area contributed by atoms with Crippen LogP contribution >= 0.6 is 0 Å². The van der Waals surface area contributed by atoms with Crippen LogP contribution < -0.4 is 16.0 Å². The fraction of sp³-hybridized carbons (Fsp3) is 0.471. The van der Waals surface area contributed by atoms with E-state index in [0.29, 0.717) is 18.1 Å². The van der Waals surface area contributed by atoms with Crippen molar-refractivity contribution in [3.05, 3.63) is 42.7 Å². The van der Waals surface area contributed by atoms with Crippen molar-refractivity contribution in [1.82, 2.24) is 10.3 Å². The molecule has 1 atom stereocenters. The number of hydrogen-bond acceptors (Lipinski definition) is 4. The first-order chi connectivity index (χ1) is 11.2. The van der Waals surface area contributed by atoms with E-state index in [-0.39, 0.29) is 11.2 Å². The molecule has 0 amide bonds. The van der Waals surface area contributed by atoms with Gasteiger partial charge in [-0.3, -0.25) is 0 Å². The van der Waals surface area contributed by atoms with E-state index in [2.05, 4.69) is 30.4 Å². The molecule has 24 heavy (non-hydrogen) atoms. The number of nitrogens with two attached hydrogens (primary N) is 1. The molecular weight excluding hydrogens is 317 g/mol. The topological polar surface area (TPSA) is 54.2 Å². The molecule has 0 saturated carbocycles. The van der Waals surface area contributed by atoms with Crippen LogP contribution in [0.4, 0.5) is 19.0 Å². The van der Waals surface area contributed by atoms with Gasteiger partial charge in [0, 0.05) is 5.54 Å². The Bertz CT molecular complexity index is 627. The van der Waals surface area contributed by atoms with Gasteiger partial charge in [-0.1, -0.05) is 19.2 Å². The molecule has 0 saturated heterocycles. The molecule has 1 aromatic rings. The van der Waals surface area contributed by atoms with E-state index in [4.69, 9.17) is 5.73 Å². The number of nitrogens with one attached hydrogen (secondary N) is 1. The highest BCUT2D eigenvalue weighted by atomic mass is 19.4. The maximum atomic E-state index is 12.4. The summed E-state index contributed by atoms with van der Waals surface area (Å²) in [7, 11) is 0. The summed E-state index contributed by atoms with van der Waals surface area (Å²) in [5.41, 5.74) is 7.10. The lowest BCUT2D eigenvalue weighted by molar-refractivity contribution is -0.122. The molecule has 7 heteroatoms. The van der Waals surface area contributed by atoms with Crippen LogP contribution in [0.15, 0.2) is 31.5 Å². The van der Waals surface area contributed by atoms with E-state index in [0.717, 1.165) is 24.8 Å². The Kier molecular flexibility index (Phi) is 5.22. The van der Waals surface area contributed by atoms with Crippen molar-refractivity contribution >= 4 is 11.5 Å². The number of nitrogens with zero attached hydrogens (tertiary/aromatic N) is 2. The Hall–Kier alpha value is -2.02. The van der Waals surface area contributed by atoms with Gasteiger partial charge in [0.2, 0.25) is 0 Å². The second kappa shape index (κ2) is 6.84. The summed E-state index contributed by atoms with van der Waals surface area (Å²) >= 11 is 0. The minimum atomic E-state index is -4.30. The highest BCUT2D eigenvalue weighted by molar-refractivity contribution is 5.64. The maximum Gasteiger partial charge on any atom is 0.405 e. The Labute approximate surface area is 140 Å². The molecule has 0 fully saturated rings. The molecule has 3 N–H and O–H groups in total. The second-order valence-electron chi connectivity index (χ2n) is 6.21. The number of pyridine rings is 1. The van der Waals surface area contributed by atoms with E-state index in [1.165, 1.54) is 0 Å². The van der Waals surface area contributed by atoms with Crippen molar-refractivity contribution < 1.29 is 13.2 Å². The minimum absolute atomic E-state index is 0.144. The first-order valence-corrected chi connectivity index (χ1v) is 7.82. The molecule has 132 valence electrons. The van der Waals surface area contributed by atoms with Crippen LogP contribution in [-0.2, 0) is 6.42 Å². The van der Waals surface area contributed by atoms with E-state index < -0.39 is 12.7 Å². The van der Waals surface area contributed by atoms with E-state index in [1.54, 1.807) is 12.3 Å². The van der Waals surface area contributed by atoms with Crippen molar-refractivity contribution in [3.8, 4) is 0 Å². The molecular formula is C17H23F3N4. The van der Waals surface area contributed by atoms with Crippen LogP contribution in [0.1, 0.15) is 31.0 Å².